The van der Waals surface area contributed by atoms with Crippen LogP contribution in [0.25, 0.3) is 0 Å². The quantitative estimate of drug-likeness (QED) is 0.798. The SMILES string of the molecule is Cc1ccc(CS(=O)(=O)Cl)c(O)c1C. The van der Waals surface area contributed by atoms with Gasteiger partial charge in [-0.1, -0.05) is 12.1 Å². The number of phenolic OH excluding ortho intramolecular Hbond substituents is 1. The Morgan fingerprint density at radius 2 is 1.93 bits per heavy atom. The Bertz CT molecular complexity index is 451. The number of hydrogen-bond donors (Lipinski definition) is 1. The van der Waals surface area contributed by atoms with Gasteiger partial charge < -0.3 is 5.11 Å². The van der Waals surface area contributed by atoms with Crippen LogP contribution >= 0.6 is 10.7 Å². The van der Waals surface area contributed by atoms with Crippen LogP contribution < -0.4 is 0 Å². The van der Waals surface area contributed by atoms with E-state index in [1.807, 2.05) is 6.92 Å². The van der Waals surface area contributed by atoms with Crippen molar-refractivity contribution in [3.63, 3.8) is 0 Å². The summed E-state index contributed by atoms with van der Waals surface area (Å²) in [6, 6.07) is 3.32. The van der Waals surface area contributed by atoms with E-state index < -0.39 is 9.05 Å². The monoisotopic (exact) mass is 234 g/mol. The average Bonchev–Trinajstić information content (AvgIpc) is 2.04. The van der Waals surface area contributed by atoms with E-state index in [9.17, 15) is 13.5 Å². The molecule has 0 aliphatic carbocycles. The topological polar surface area (TPSA) is 54.4 Å². The molecular weight excluding hydrogens is 224 g/mol. The fraction of sp³-hybridized carbons (Fsp3) is 0.333. The maximum atomic E-state index is 10.8. The molecule has 0 spiro atoms. The van der Waals surface area contributed by atoms with Gasteiger partial charge in [0.1, 0.15) is 5.75 Å². The van der Waals surface area contributed by atoms with Crippen molar-refractivity contribution in [3.05, 3.63) is 28.8 Å². The van der Waals surface area contributed by atoms with Crippen LogP contribution in [0.15, 0.2) is 12.1 Å². The van der Waals surface area contributed by atoms with Gasteiger partial charge in [0.2, 0.25) is 9.05 Å². The number of benzene rings is 1. The summed E-state index contributed by atoms with van der Waals surface area (Å²) < 4.78 is 21.6. The third kappa shape index (κ3) is 2.62. The Morgan fingerprint density at radius 1 is 1.36 bits per heavy atom. The Hall–Kier alpha value is -0.740. The minimum atomic E-state index is -3.62. The zero-order valence-corrected chi connectivity index (χ0v) is 9.48. The second kappa shape index (κ2) is 3.79. The molecule has 0 aliphatic heterocycles. The van der Waals surface area contributed by atoms with Crippen molar-refractivity contribution in [1.29, 1.82) is 0 Å². The molecule has 0 heterocycles. The van der Waals surface area contributed by atoms with E-state index in [1.165, 1.54) is 0 Å². The first-order valence-electron chi connectivity index (χ1n) is 4.01. The smallest absolute Gasteiger partial charge is 0.236 e. The van der Waals surface area contributed by atoms with E-state index in [4.69, 9.17) is 10.7 Å². The maximum absolute atomic E-state index is 10.8. The Morgan fingerprint density at radius 3 is 2.43 bits per heavy atom. The summed E-state index contributed by atoms with van der Waals surface area (Å²) in [7, 11) is 1.48. The normalized spacial score (nSPS) is 11.6. The lowest BCUT2D eigenvalue weighted by Gasteiger charge is -2.07. The molecule has 0 saturated heterocycles. The van der Waals surface area contributed by atoms with Crippen LogP contribution in [0, 0.1) is 13.8 Å². The zero-order chi connectivity index (χ0) is 10.9. The lowest BCUT2D eigenvalue weighted by molar-refractivity contribution is 0.465. The maximum Gasteiger partial charge on any atom is 0.236 e. The molecule has 78 valence electrons. The summed E-state index contributed by atoms with van der Waals surface area (Å²) in [5.74, 6) is -0.337. The molecular formula is C9H11ClO3S. The summed E-state index contributed by atoms with van der Waals surface area (Å²) in [6.07, 6.45) is 0. The average molecular weight is 235 g/mol. The predicted molar refractivity (Wildman–Crippen MR) is 56.1 cm³/mol. The van der Waals surface area contributed by atoms with E-state index >= 15 is 0 Å². The van der Waals surface area contributed by atoms with Crippen LogP contribution in [0.3, 0.4) is 0 Å². The molecule has 1 rings (SSSR count). The van der Waals surface area contributed by atoms with Crippen molar-refractivity contribution in [3.8, 4) is 5.75 Å². The van der Waals surface area contributed by atoms with Crippen LogP contribution in [-0.4, -0.2) is 13.5 Å². The zero-order valence-electron chi connectivity index (χ0n) is 7.91. The Balaban J connectivity index is 3.19. The van der Waals surface area contributed by atoms with E-state index in [2.05, 4.69) is 0 Å². The lowest BCUT2D eigenvalue weighted by Crippen LogP contribution is -1.97. The largest absolute Gasteiger partial charge is 0.507 e. The van der Waals surface area contributed by atoms with Gasteiger partial charge in [0.05, 0.1) is 5.75 Å². The number of aromatic hydroxyl groups is 1. The van der Waals surface area contributed by atoms with Gasteiger partial charge in [-0.05, 0) is 25.0 Å². The minimum Gasteiger partial charge on any atom is -0.507 e. The molecule has 0 unspecified atom stereocenters. The molecule has 1 N–H and O–H groups in total. The highest BCUT2D eigenvalue weighted by atomic mass is 35.7. The molecule has 14 heavy (non-hydrogen) atoms. The van der Waals surface area contributed by atoms with Crippen molar-refractivity contribution in [2.24, 2.45) is 0 Å². The molecule has 5 heteroatoms. The summed E-state index contributed by atoms with van der Waals surface area (Å²) in [6.45, 7) is 3.57. The summed E-state index contributed by atoms with van der Waals surface area (Å²) in [5, 5.41) is 9.62. The van der Waals surface area contributed by atoms with Gasteiger partial charge in [-0.2, -0.15) is 0 Å². The summed E-state index contributed by atoms with van der Waals surface area (Å²) in [4.78, 5) is 0. The van der Waals surface area contributed by atoms with Crippen LogP contribution in [0.1, 0.15) is 16.7 Å². The number of rotatable bonds is 2. The summed E-state index contributed by atoms with van der Waals surface area (Å²) in [5.41, 5.74) is 1.93. The van der Waals surface area contributed by atoms with Crippen molar-refractivity contribution >= 4 is 19.7 Å². The molecule has 0 saturated carbocycles. The molecule has 0 atom stereocenters. The van der Waals surface area contributed by atoms with Crippen LogP contribution in [0.2, 0.25) is 0 Å². The second-order valence-corrected chi connectivity index (χ2v) is 5.98. The van der Waals surface area contributed by atoms with Crippen molar-refractivity contribution in [2.45, 2.75) is 19.6 Å². The molecule has 0 fully saturated rings. The highest BCUT2D eigenvalue weighted by molar-refractivity contribution is 8.13. The van der Waals surface area contributed by atoms with E-state index in [0.29, 0.717) is 11.1 Å². The van der Waals surface area contributed by atoms with E-state index in [-0.39, 0.29) is 11.5 Å². The predicted octanol–water partition coefficient (Wildman–Crippen LogP) is 2.08. The van der Waals surface area contributed by atoms with E-state index in [1.54, 1.807) is 19.1 Å². The number of hydrogen-bond acceptors (Lipinski definition) is 3. The molecule has 0 amide bonds. The first kappa shape index (κ1) is 11.3. The van der Waals surface area contributed by atoms with Crippen LogP contribution in [0.5, 0.6) is 5.75 Å². The highest BCUT2D eigenvalue weighted by Crippen LogP contribution is 2.26. The molecule has 0 aromatic heterocycles. The van der Waals surface area contributed by atoms with Gasteiger partial charge >= 0.3 is 0 Å². The standard InChI is InChI=1S/C9H11ClO3S/c1-6-3-4-8(5-14(10,12)13)9(11)7(6)2/h3-4,11H,5H2,1-2H3. The lowest BCUT2D eigenvalue weighted by atomic mass is 10.1. The van der Waals surface area contributed by atoms with Crippen molar-refractivity contribution < 1.29 is 13.5 Å². The van der Waals surface area contributed by atoms with Gasteiger partial charge in [-0.15, -0.1) is 0 Å². The third-order valence-electron chi connectivity index (χ3n) is 2.11. The van der Waals surface area contributed by atoms with Gasteiger partial charge in [-0.3, -0.25) is 0 Å². The molecule has 1 aromatic rings. The number of aryl methyl sites for hydroxylation is 1. The molecule has 3 nitrogen and oxygen atoms in total. The minimum absolute atomic E-state index is 0.00854. The van der Waals surface area contributed by atoms with E-state index in [0.717, 1.165) is 5.56 Å². The molecule has 1 aromatic carbocycles. The number of phenols is 1. The first-order valence-corrected chi connectivity index (χ1v) is 6.49. The van der Waals surface area contributed by atoms with Gasteiger partial charge in [0.25, 0.3) is 0 Å². The van der Waals surface area contributed by atoms with Gasteiger partial charge in [0, 0.05) is 16.2 Å². The fourth-order valence-corrected chi connectivity index (χ4v) is 2.12. The Kier molecular flexibility index (Phi) is 3.07. The van der Waals surface area contributed by atoms with Crippen molar-refractivity contribution in [2.75, 3.05) is 0 Å². The fourth-order valence-electron chi connectivity index (χ4n) is 1.16. The summed E-state index contributed by atoms with van der Waals surface area (Å²) >= 11 is 0. The van der Waals surface area contributed by atoms with Gasteiger partial charge in [-0.25, -0.2) is 8.42 Å². The van der Waals surface area contributed by atoms with Gasteiger partial charge in [0.15, 0.2) is 0 Å². The second-order valence-electron chi connectivity index (χ2n) is 3.20. The molecule has 0 bridgehead atoms. The number of halogens is 1. The van der Waals surface area contributed by atoms with Crippen LogP contribution in [0.4, 0.5) is 0 Å². The first-order chi connectivity index (χ1) is 6.31. The molecule has 0 radical (unpaired) electrons. The third-order valence-corrected chi connectivity index (χ3v) is 3.10. The highest BCUT2D eigenvalue weighted by Gasteiger charge is 2.13. The molecule has 0 aliphatic rings. The van der Waals surface area contributed by atoms with Crippen molar-refractivity contribution in [1.82, 2.24) is 0 Å². The Labute approximate surface area is 87.8 Å². The van der Waals surface area contributed by atoms with Crippen LogP contribution in [-0.2, 0) is 14.8 Å².